The lowest BCUT2D eigenvalue weighted by Gasteiger charge is -2.07. The molecule has 1 aromatic carbocycles. The first-order valence-corrected chi connectivity index (χ1v) is 6.95. The maximum absolute atomic E-state index is 13.6. The fraction of sp³-hybridized carbons (Fsp3) is 0.400. The van der Waals surface area contributed by atoms with Gasteiger partial charge in [-0.05, 0) is 37.7 Å². The normalized spacial score (nSPS) is 11.8. The Morgan fingerprint density at radius 3 is 2.50 bits per heavy atom. The van der Waals surface area contributed by atoms with Gasteiger partial charge in [0.25, 0.3) is 0 Å². The molecule has 0 heterocycles. The lowest BCUT2D eigenvalue weighted by atomic mass is 10.1. The first-order valence-electron chi connectivity index (χ1n) is 4.69. The van der Waals surface area contributed by atoms with Crippen molar-refractivity contribution in [1.29, 1.82) is 0 Å². The van der Waals surface area contributed by atoms with Gasteiger partial charge >= 0.3 is 0 Å². The van der Waals surface area contributed by atoms with E-state index in [0.29, 0.717) is 18.5 Å². The summed E-state index contributed by atoms with van der Waals surface area (Å²) < 4.78 is 36.1. The molecule has 3 nitrogen and oxygen atoms in total. The number of rotatable bonds is 4. The van der Waals surface area contributed by atoms with Crippen LogP contribution in [0.15, 0.2) is 17.0 Å². The topological polar surface area (TPSA) is 46.2 Å². The summed E-state index contributed by atoms with van der Waals surface area (Å²) in [7, 11) is -1.84. The average molecular weight is 266 g/mol. The van der Waals surface area contributed by atoms with E-state index in [2.05, 4.69) is 5.32 Å². The van der Waals surface area contributed by atoms with Crippen LogP contribution in [-0.4, -0.2) is 28.3 Å². The lowest BCUT2D eigenvalue weighted by molar-refractivity contribution is 0.569. The molecule has 0 saturated heterocycles. The molecule has 0 aliphatic carbocycles. The van der Waals surface area contributed by atoms with Gasteiger partial charge in [0.05, 0.1) is 5.02 Å². The van der Waals surface area contributed by atoms with Gasteiger partial charge in [-0.25, -0.2) is 12.8 Å². The first-order chi connectivity index (χ1) is 7.36. The van der Waals surface area contributed by atoms with Crippen LogP contribution in [0.25, 0.3) is 0 Å². The van der Waals surface area contributed by atoms with E-state index >= 15 is 0 Å². The number of nitrogens with one attached hydrogen (secondary N) is 1. The molecule has 0 bridgehead atoms. The van der Waals surface area contributed by atoms with E-state index in [1.54, 1.807) is 7.05 Å². The van der Waals surface area contributed by atoms with Crippen molar-refractivity contribution in [2.75, 3.05) is 19.8 Å². The summed E-state index contributed by atoms with van der Waals surface area (Å²) in [6, 6.07) is 2.69. The number of halogens is 2. The zero-order valence-electron chi connectivity index (χ0n) is 9.05. The summed E-state index contributed by atoms with van der Waals surface area (Å²) in [4.78, 5) is -0.428. The highest BCUT2D eigenvalue weighted by molar-refractivity contribution is 7.90. The first kappa shape index (κ1) is 13.4. The molecule has 1 rings (SSSR count). The number of hydrogen-bond acceptors (Lipinski definition) is 3. The highest BCUT2D eigenvalue weighted by atomic mass is 35.5. The van der Waals surface area contributed by atoms with Gasteiger partial charge in [-0.1, -0.05) is 11.6 Å². The molecule has 0 amide bonds. The highest BCUT2D eigenvalue weighted by Gasteiger charge is 2.18. The second-order valence-corrected chi connectivity index (χ2v) is 5.87. The van der Waals surface area contributed by atoms with Crippen LogP contribution < -0.4 is 5.32 Å². The average Bonchev–Trinajstić information content (AvgIpc) is 2.11. The van der Waals surface area contributed by atoms with Crippen LogP contribution in [-0.2, 0) is 16.3 Å². The number of sulfone groups is 1. The smallest absolute Gasteiger partial charge is 0.179 e. The molecule has 90 valence electrons. The third-order valence-corrected chi connectivity index (χ3v) is 3.66. The second kappa shape index (κ2) is 5.12. The Balaban J connectivity index is 3.18. The summed E-state index contributed by atoms with van der Waals surface area (Å²) in [6.45, 7) is 0.675. The Kier molecular flexibility index (Phi) is 4.29. The largest absolute Gasteiger partial charge is 0.319 e. The molecule has 0 atom stereocenters. The number of hydrogen-bond donors (Lipinski definition) is 1. The van der Waals surface area contributed by atoms with Gasteiger partial charge in [0.15, 0.2) is 9.84 Å². The Bertz CT molecular complexity index is 465. The van der Waals surface area contributed by atoms with E-state index in [4.69, 9.17) is 11.6 Å². The maximum Gasteiger partial charge on any atom is 0.179 e. The van der Waals surface area contributed by atoms with Gasteiger partial charge in [0, 0.05) is 6.26 Å². The fourth-order valence-corrected chi connectivity index (χ4v) is 2.86. The van der Waals surface area contributed by atoms with Crippen molar-refractivity contribution in [2.24, 2.45) is 0 Å². The van der Waals surface area contributed by atoms with E-state index in [1.807, 2.05) is 0 Å². The molecule has 0 unspecified atom stereocenters. The number of likely N-dealkylation sites (N-methyl/N-ethyl adjacent to an activating group) is 1. The van der Waals surface area contributed by atoms with Gasteiger partial charge in [0.2, 0.25) is 0 Å². The van der Waals surface area contributed by atoms with Crippen LogP contribution in [0, 0.1) is 5.82 Å². The minimum atomic E-state index is -3.62. The Labute approximate surface area is 99.5 Å². The summed E-state index contributed by atoms with van der Waals surface area (Å²) in [6.07, 6.45) is 1.53. The van der Waals surface area contributed by atoms with Crippen LogP contribution in [0.3, 0.4) is 0 Å². The van der Waals surface area contributed by atoms with Crippen molar-refractivity contribution in [1.82, 2.24) is 5.32 Å². The van der Waals surface area contributed by atoms with Crippen LogP contribution in [0.1, 0.15) is 5.56 Å². The van der Waals surface area contributed by atoms with Gasteiger partial charge in [-0.3, -0.25) is 0 Å². The fourth-order valence-electron chi connectivity index (χ4n) is 1.38. The van der Waals surface area contributed by atoms with Crippen LogP contribution in [0.2, 0.25) is 5.02 Å². The standard InChI is InChI=1S/C10H13ClFNO2S/c1-13-4-3-7-5-8(11)10(9(12)6-7)16(2,14)15/h5-6,13H,3-4H2,1-2H3. The molecule has 0 spiro atoms. The lowest BCUT2D eigenvalue weighted by Crippen LogP contribution is -2.11. The molecule has 6 heteroatoms. The summed E-state index contributed by atoms with van der Waals surface area (Å²) in [5, 5.41) is 2.85. The van der Waals surface area contributed by atoms with Gasteiger partial charge in [-0.2, -0.15) is 0 Å². The zero-order chi connectivity index (χ0) is 12.3. The van der Waals surface area contributed by atoms with Crippen molar-refractivity contribution < 1.29 is 12.8 Å². The Morgan fingerprint density at radius 2 is 2.06 bits per heavy atom. The van der Waals surface area contributed by atoms with Crippen LogP contribution >= 0.6 is 11.6 Å². The van der Waals surface area contributed by atoms with Crippen molar-refractivity contribution >= 4 is 21.4 Å². The summed E-state index contributed by atoms with van der Waals surface area (Å²) in [5.41, 5.74) is 0.671. The van der Waals surface area contributed by atoms with Crippen molar-refractivity contribution in [2.45, 2.75) is 11.3 Å². The SMILES string of the molecule is CNCCc1cc(F)c(S(C)(=O)=O)c(Cl)c1. The molecule has 16 heavy (non-hydrogen) atoms. The minimum Gasteiger partial charge on any atom is -0.319 e. The predicted octanol–water partition coefficient (Wildman–Crippen LogP) is 1.64. The second-order valence-electron chi connectivity index (χ2n) is 3.51. The molecule has 0 aliphatic heterocycles. The molecule has 1 N–H and O–H groups in total. The van der Waals surface area contributed by atoms with Crippen molar-refractivity contribution in [3.05, 3.63) is 28.5 Å². The van der Waals surface area contributed by atoms with Gasteiger partial charge in [0.1, 0.15) is 10.7 Å². The predicted molar refractivity (Wildman–Crippen MR) is 62.2 cm³/mol. The monoisotopic (exact) mass is 265 g/mol. The molecule has 0 radical (unpaired) electrons. The van der Waals surface area contributed by atoms with E-state index in [0.717, 1.165) is 6.26 Å². The molecule has 0 fully saturated rings. The zero-order valence-corrected chi connectivity index (χ0v) is 10.6. The number of benzene rings is 1. The summed E-state index contributed by atoms with van der Waals surface area (Å²) >= 11 is 5.76. The Hall–Kier alpha value is -0.650. The summed E-state index contributed by atoms with van der Waals surface area (Å²) in [5.74, 6) is -0.791. The maximum atomic E-state index is 13.6. The molecular weight excluding hydrogens is 253 g/mol. The van der Waals surface area contributed by atoms with Crippen LogP contribution in [0.4, 0.5) is 4.39 Å². The molecule has 1 aromatic rings. The highest BCUT2D eigenvalue weighted by Crippen LogP contribution is 2.26. The third-order valence-electron chi connectivity index (χ3n) is 2.09. The van der Waals surface area contributed by atoms with E-state index < -0.39 is 20.5 Å². The molecule has 0 aromatic heterocycles. The van der Waals surface area contributed by atoms with E-state index in [1.165, 1.54) is 12.1 Å². The van der Waals surface area contributed by atoms with Gasteiger partial charge < -0.3 is 5.32 Å². The van der Waals surface area contributed by atoms with Crippen molar-refractivity contribution in [3.63, 3.8) is 0 Å². The molecular formula is C10H13ClFNO2S. The van der Waals surface area contributed by atoms with E-state index in [-0.39, 0.29) is 5.02 Å². The van der Waals surface area contributed by atoms with E-state index in [9.17, 15) is 12.8 Å². The molecule has 0 aliphatic rings. The minimum absolute atomic E-state index is 0.0615. The third kappa shape index (κ3) is 3.17. The van der Waals surface area contributed by atoms with Gasteiger partial charge in [-0.15, -0.1) is 0 Å². The Morgan fingerprint density at radius 1 is 1.44 bits per heavy atom. The van der Waals surface area contributed by atoms with Crippen LogP contribution in [0.5, 0.6) is 0 Å². The molecule has 0 saturated carbocycles. The van der Waals surface area contributed by atoms with Crippen molar-refractivity contribution in [3.8, 4) is 0 Å². The quantitative estimate of drug-likeness (QED) is 0.900.